The number of nitrogens with one attached hydrogen (secondary N) is 2. The number of carbonyl (C=O) groups is 1. The van der Waals surface area contributed by atoms with E-state index >= 15 is 0 Å². The molecule has 156 valence electrons. The van der Waals surface area contributed by atoms with Crippen LogP contribution < -0.4 is 19.5 Å². The summed E-state index contributed by atoms with van der Waals surface area (Å²) < 4.78 is 39.1. The first-order valence-corrected chi connectivity index (χ1v) is 11.0. The van der Waals surface area contributed by atoms with Gasteiger partial charge in [-0.25, -0.2) is 8.42 Å². The van der Waals surface area contributed by atoms with Crippen molar-refractivity contribution in [2.75, 3.05) is 24.3 Å². The first kappa shape index (κ1) is 21.7. The molecular formula is C21H19BrN2O5S. The van der Waals surface area contributed by atoms with E-state index < -0.39 is 15.9 Å². The van der Waals surface area contributed by atoms with Gasteiger partial charge in [0, 0.05) is 27.5 Å². The Bertz CT molecular complexity index is 1140. The lowest BCUT2D eigenvalue weighted by Crippen LogP contribution is -2.15. The Morgan fingerprint density at radius 3 is 2.10 bits per heavy atom. The van der Waals surface area contributed by atoms with Crippen molar-refractivity contribution < 1.29 is 22.7 Å². The van der Waals surface area contributed by atoms with Gasteiger partial charge in [-0.05, 0) is 54.6 Å². The molecule has 0 atom stereocenters. The summed E-state index contributed by atoms with van der Waals surface area (Å²) in [5, 5.41) is 2.70. The molecule has 0 spiro atoms. The fraction of sp³-hybridized carbons (Fsp3) is 0.0952. The third-order valence-electron chi connectivity index (χ3n) is 4.11. The molecule has 1 amide bonds. The van der Waals surface area contributed by atoms with Crippen LogP contribution in [0.1, 0.15) is 10.4 Å². The normalized spacial score (nSPS) is 10.9. The molecule has 0 aliphatic rings. The van der Waals surface area contributed by atoms with Crippen molar-refractivity contribution in [2.45, 2.75) is 4.90 Å². The molecule has 0 aliphatic heterocycles. The highest BCUT2D eigenvalue weighted by Crippen LogP contribution is 2.24. The molecule has 7 nitrogen and oxygen atoms in total. The lowest BCUT2D eigenvalue weighted by atomic mass is 10.2. The Hall–Kier alpha value is -3.04. The van der Waals surface area contributed by atoms with Gasteiger partial charge in [0.15, 0.2) is 0 Å². The highest BCUT2D eigenvalue weighted by molar-refractivity contribution is 9.10. The monoisotopic (exact) mass is 490 g/mol. The van der Waals surface area contributed by atoms with Gasteiger partial charge in [-0.1, -0.05) is 22.0 Å². The third-order valence-corrected chi connectivity index (χ3v) is 6.02. The minimum atomic E-state index is -3.83. The number of halogens is 1. The molecule has 0 bridgehead atoms. The number of benzene rings is 3. The van der Waals surface area contributed by atoms with E-state index in [4.69, 9.17) is 9.47 Å². The molecular weight excluding hydrogens is 472 g/mol. The van der Waals surface area contributed by atoms with Crippen molar-refractivity contribution in [3.8, 4) is 11.5 Å². The van der Waals surface area contributed by atoms with Crippen LogP contribution in [0.4, 0.5) is 11.4 Å². The molecule has 30 heavy (non-hydrogen) atoms. The Balaban J connectivity index is 1.81. The van der Waals surface area contributed by atoms with Crippen LogP contribution >= 0.6 is 15.9 Å². The smallest absolute Gasteiger partial charge is 0.261 e. The Morgan fingerprint density at radius 1 is 0.867 bits per heavy atom. The van der Waals surface area contributed by atoms with Crippen molar-refractivity contribution in [3.63, 3.8) is 0 Å². The zero-order chi connectivity index (χ0) is 21.7. The lowest BCUT2D eigenvalue weighted by Gasteiger charge is -2.11. The van der Waals surface area contributed by atoms with E-state index in [1.807, 2.05) is 0 Å². The molecule has 0 saturated heterocycles. The van der Waals surface area contributed by atoms with Crippen LogP contribution in [-0.4, -0.2) is 28.5 Å². The number of anilines is 2. The second-order valence-electron chi connectivity index (χ2n) is 6.20. The van der Waals surface area contributed by atoms with Crippen LogP contribution in [0.15, 0.2) is 76.1 Å². The number of sulfonamides is 1. The molecule has 3 aromatic carbocycles. The van der Waals surface area contributed by atoms with Crippen molar-refractivity contribution in [2.24, 2.45) is 0 Å². The minimum absolute atomic E-state index is 0.0199. The molecule has 3 rings (SSSR count). The summed E-state index contributed by atoms with van der Waals surface area (Å²) in [4.78, 5) is 12.7. The van der Waals surface area contributed by atoms with Crippen LogP contribution in [0, 0.1) is 0 Å². The molecule has 9 heteroatoms. The average Bonchev–Trinajstić information content (AvgIpc) is 2.75. The summed E-state index contributed by atoms with van der Waals surface area (Å²) in [5.74, 6) is 0.506. The molecule has 2 N–H and O–H groups in total. The molecule has 0 aliphatic carbocycles. The van der Waals surface area contributed by atoms with E-state index in [9.17, 15) is 13.2 Å². The highest BCUT2D eigenvalue weighted by atomic mass is 79.9. The summed E-state index contributed by atoms with van der Waals surface area (Å²) in [6, 6.07) is 17.5. The van der Waals surface area contributed by atoms with Gasteiger partial charge in [0.1, 0.15) is 11.5 Å². The Kier molecular flexibility index (Phi) is 6.63. The first-order chi connectivity index (χ1) is 14.3. The topological polar surface area (TPSA) is 93.7 Å². The molecule has 0 fully saturated rings. The van der Waals surface area contributed by atoms with E-state index in [1.54, 1.807) is 54.6 Å². The zero-order valence-electron chi connectivity index (χ0n) is 16.2. The SMILES string of the molecule is COc1cc(OC)cc(C(=O)Nc2cccc(S(=O)(=O)Nc3ccc(Br)cc3)c2)c1. The van der Waals surface area contributed by atoms with Crippen LogP contribution in [-0.2, 0) is 10.0 Å². The van der Waals surface area contributed by atoms with Gasteiger partial charge >= 0.3 is 0 Å². The van der Waals surface area contributed by atoms with Gasteiger partial charge in [-0.3, -0.25) is 9.52 Å². The molecule has 0 heterocycles. The van der Waals surface area contributed by atoms with Gasteiger partial charge in [0.05, 0.1) is 19.1 Å². The van der Waals surface area contributed by atoms with E-state index in [2.05, 4.69) is 26.0 Å². The molecule has 0 unspecified atom stereocenters. The van der Waals surface area contributed by atoms with Gasteiger partial charge < -0.3 is 14.8 Å². The van der Waals surface area contributed by atoms with Crippen LogP contribution in [0.2, 0.25) is 0 Å². The quantitative estimate of drug-likeness (QED) is 0.507. The summed E-state index contributed by atoms with van der Waals surface area (Å²) in [6.07, 6.45) is 0. The van der Waals surface area contributed by atoms with Gasteiger partial charge in [0.25, 0.3) is 15.9 Å². The fourth-order valence-corrected chi connectivity index (χ4v) is 3.98. The number of hydrogen-bond donors (Lipinski definition) is 2. The van der Waals surface area contributed by atoms with Gasteiger partial charge in [-0.2, -0.15) is 0 Å². The maximum Gasteiger partial charge on any atom is 0.261 e. The van der Waals surface area contributed by atoms with Crippen molar-refractivity contribution in [1.29, 1.82) is 0 Å². The predicted octanol–water partition coefficient (Wildman–Crippen LogP) is 4.52. The minimum Gasteiger partial charge on any atom is -0.497 e. The van der Waals surface area contributed by atoms with E-state index in [0.717, 1.165) is 4.47 Å². The first-order valence-electron chi connectivity index (χ1n) is 8.73. The maximum absolute atomic E-state index is 12.7. The molecule has 0 saturated carbocycles. The van der Waals surface area contributed by atoms with Crippen molar-refractivity contribution >= 4 is 43.2 Å². The summed E-state index contributed by atoms with van der Waals surface area (Å²) in [7, 11) is -0.848. The highest BCUT2D eigenvalue weighted by Gasteiger charge is 2.16. The van der Waals surface area contributed by atoms with E-state index in [1.165, 1.54) is 26.4 Å². The fourth-order valence-electron chi connectivity index (χ4n) is 2.61. The molecule has 3 aromatic rings. The second-order valence-corrected chi connectivity index (χ2v) is 8.79. The number of amides is 1. The lowest BCUT2D eigenvalue weighted by molar-refractivity contribution is 0.102. The average molecular weight is 491 g/mol. The van der Waals surface area contributed by atoms with Crippen LogP contribution in [0.5, 0.6) is 11.5 Å². The molecule has 0 radical (unpaired) electrons. The maximum atomic E-state index is 12.7. The van der Waals surface area contributed by atoms with Gasteiger partial charge in [-0.15, -0.1) is 0 Å². The number of methoxy groups -OCH3 is 2. The van der Waals surface area contributed by atoms with E-state index in [-0.39, 0.29) is 4.90 Å². The van der Waals surface area contributed by atoms with Crippen LogP contribution in [0.3, 0.4) is 0 Å². The number of hydrogen-bond acceptors (Lipinski definition) is 5. The van der Waals surface area contributed by atoms with Crippen molar-refractivity contribution in [3.05, 3.63) is 76.8 Å². The zero-order valence-corrected chi connectivity index (χ0v) is 18.6. The summed E-state index contributed by atoms with van der Waals surface area (Å²) >= 11 is 3.31. The number of carbonyl (C=O) groups excluding carboxylic acids is 1. The number of rotatable bonds is 7. The predicted molar refractivity (Wildman–Crippen MR) is 119 cm³/mol. The van der Waals surface area contributed by atoms with Gasteiger partial charge in [0.2, 0.25) is 0 Å². The van der Waals surface area contributed by atoms with Crippen LogP contribution in [0.25, 0.3) is 0 Å². The second kappa shape index (κ2) is 9.19. The third kappa shape index (κ3) is 5.31. The molecule has 0 aromatic heterocycles. The largest absolute Gasteiger partial charge is 0.497 e. The van der Waals surface area contributed by atoms with Crippen molar-refractivity contribution in [1.82, 2.24) is 0 Å². The number of ether oxygens (including phenoxy) is 2. The van der Waals surface area contributed by atoms with E-state index in [0.29, 0.717) is 28.4 Å². The standard InChI is InChI=1S/C21H19BrN2O5S/c1-28-18-10-14(11-19(13-18)29-2)21(25)23-17-4-3-5-20(12-17)30(26,27)24-16-8-6-15(22)7-9-16/h3-13,24H,1-2H3,(H,23,25). The summed E-state index contributed by atoms with van der Waals surface area (Å²) in [5.41, 5.74) is 1.07. The Labute approximate surface area is 183 Å². The Morgan fingerprint density at radius 2 is 1.50 bits per heavy atom. The summed E-state index contributed by atoms with van der Waals surface area (Å²) in [6.45, 7) is 0.